The zero-order chi connectivity index (χ0) is 22.8. The van der Waals surface area contributed by atoms with Gasteiger partial charge in [-0.1, -0.05) is 72.8 Å². The third-order valence-electron chi connectivity index (χ3n) is 7.67. The second-order valence-corrected chi connectivity index (χ2v) is 9.51. The molecule has 5 aromatic rings. The summed E-state index contributed by atoms with van der Waals surface area (Å²) in [7, 11) is 2.16. The van der Waals surface area contributed by atoms with E-state index in [0.717, 1.165) is 0 Å². The first-order chi connectivity index (χ1) is 16.7. The molecule has 162 valence electrons. The molecule has 2 unspecified atom stereocenters. The second kappa shape index (κ2) is 7.23. The van der Waals surface area contributed by atoms with Crippen LogP contribution in [0.2, 0.25) is 0 Å². The highest BCUT2D eigenvalue weighted by Crippen LogP contribution is 2.57. The molecule has 0 radical (unpaired) electrons. The average molecular weight is 438 g/mol. The summed E-state index contributed by atoms with van der Waals surface area (Å²) in [5.41, 5.74) is 14.7. The summed E-state index contributed by atoms with van der Waals surface area (Å²) in [6, 6.07) is 33.2. The van der Waals surface area contributed by atoms with E-state index in [4.69, 9.17) is 4.98 Å². The predicted octanol–water partition coefficient (Wildman–Crippen LogP) is 6.54. The van der Waals surface area contributed by atoms with E-state index in [2.05, 4.69) is 116 Å². The molecule has 0 aliphatic heterocycles. The number of benzene rings is 3. The minimum Gasteiger partial charge on any atom is -0.260 e. The van der Waals surface area contributed by atoms with Gasteiger partial charge in [0.15, 0.2) is 6.20 Å². The fourth-order valence-electron chi connectivity index (χ4n) is 6.17. The van der Waals surface area contributed by atoms with Crippen LogP contribution >= 0.6 is 0 Å². The molecule has 2 heteroatoms. The minimum absolute atomic E-state index is 0.189. The van der Waals surface area contributed by atoms with Crippen molar-refractivity contribution in [2.45, 2.75) is 18.8 Å². The molecule has 3 aliphatic carbocycles. The van der Waals surface area contributed by atoms with Crippen LogP contribution in [0.25, 0.3) is 22.4 Å². The summed E-state index contributed by atoms with van der Waals surface area (Å²) in [5.74, 6) is 0.393. The van der Waals surface area contributed by atoms with Gasteiger partial charge in [0.1, 0.15) is 7.05 Å². The molecule has 2 heterocycles. The van der Waals surface area contributed by atoms with E-state index in [9.17, 15) is 0 Å². The molecule has 0 N–H and O–H groups in total. The molecule has 2 atom stereocenters. The summed E-state index contributed by atoms with van der Waals surface area (Å²) in [6.07, 6.45) is 4.14. The Labute approximate surface area is 200 Å². The fourth-order valence-corrected chi connectivity index (χ4v) is 6.17. The molecular weight excluding hydrogens is 412 g/mol. The Morgan fingerprint density at radius 1 is 0.676 bits per heavy atom. The van der Waals surface area contributed by atoms with E-state index >= 15 is 0 Å². The molecule has 8 rings (SSSR count). The van der Waals surface area contributed by atoms with Crippen LogP contribution in [-0.2, 0) is 7.05 Å². The largest absolute Gasteiger partial charge is 0.260 e. The van der Waals surface area contributed by atoms with E-state index in [-0.39, 0.29) is 11.8 Å². The number of aryl methyl sites for hydroxylation is 2. The minimum atomic E-state index is 0.189. The highest BCUT2D eigenvalue weighted by atomic mass is 14.9. The van der Waals surface area contributed by atoms with Crippen LogP contribution in [-0.4, -0.2) is 4.98 Å². The summed E-state index contributed by atoms with van der Waals surface area (Å²) in [4.78, 5) is 4.89. The lowest BCUT2D eigenvalue weighted by Gasteiger charge is -2.42. The number of hydrogen-bond donors (Lipinski definition) is 0. The van der Waals surface area contributed by atoms with Crippen LogP contribution in [0.5, 0.6) is 0 Å². The van der Waals surface area contributed by atoms with E-state index in [0.29, 0.717) is 0 Å². The second-order valence-electron chi connectivity index (χ2n) is 9.51. The van der Waals surface area contributed by atoms with Gasteiger partial charge < -0.3 is 0 Å². The van der Waals surface area contributed by atoms with Crippen molar-refractivity contribution in [3.63, 3.8) is 0 Å². The first-order valence-electron chi connectivity index (χ1n) is 11.9. The van der Waals surface area contributed by atoms with Gasteiger partial charge in [-0.05, 0) is 57.5 Å². The predicted molar refractivity (Wildman–Crippen MR) is 136 cm³/mol. The topological polar surface area (TPSA) is 16.8 Å². The Kier molecular flexibility index (Phi) is 4.13. The van der Waals surface area contributed by atoms with Gasteiger partial charge in [-0.25, -0.2) is 4.57 Å². The number of rotatable bonds is 2. The van der Waals surface area contributed by atoms with Crippen molar-refractivity contribution in [3.05, 3.63) is 142 Å². The normalized spacial score (nSPS) is 17.1. The van der Waals surface area contributed by atoms with Gasteiger partial charge in [-0.15, -0.1) is 0 Å². The Morgan fingerprint density at radius 2 is 1.41 bits per heavy atom. The summed E-state index contributed by atoms with van der Waals surface area (Å²) in [5, 5.41) is 0. The summed E-state index contributed by atoms with van der Waals surface area (Å²) >= 11 is 0. The SMILES string of the molecule is Cc1ccc2c(c1-c1cc(-c3ccccc3)cc[n+]1C)C1c3ccccc3C2c2ncccc21. The highest BCUT2D eigenvalue weighted by Gasteiger charge is 2.44. The van der Waals surface area contributed by atoms with Crippen LogP contribution in [0.15, 0.2) is 103 Å². The molecule has 0 spiro atoms. The van der Waals surface area contributed by atoms with Crippen LogP contribution in [0.4, 0.5) is 0 Å². The number of pyridine rings is 2. The first kappa shape index (κ1) is 19.4. The maximum atomic E-state index is 4.89. The number of aromatic nitrogens is 2. The Hall–Kier alpha value is -4.04. The van der Waals surface area contributed by atoms with Crippen LogP contribution in [0, 0.1) is 6.92 Å². The molecule has 0 fully saturated rings. The quantitative estimate of drug-likeness (QED) is 0.281. The summed E-state index contributed by atoms with van der Waals surface area (Å²) in [6.45, 7) is 2.25. The maximum Gasteiger partial charge on any atom is 0.213 e. The van der Waals surface area contributed by atoms with Gasteiger partial charge in [-0.2, -0.15) is 0 Å². The van der Waals surface area contributed by atoms with E-state index in [1.165, 1.54) is 61.5 Å². The Morgan fingerprint density at radius 3 is 2.24 bits per heavy atom. The van der Waals surface area contributed by atoms with Gasteiger partial charge in [0, 0.05) is 24.2 Å². The third-order valence-corrected chi connectivity index (χ3v) is 7.67. The Balaban J connectivity index is 1.53. The maximum absolute atomic E-state index is 4.89. The van der Waals surface area contributed by atoms with Gasteiger partial charge >= 0.3 is 0 Å². The zero-order valence-corrected chi connectivity index (χ0v) is 19.4. The monoisotopic (exact) mass is 437 g/mol. The molecule has 2 aromatic heterocycles. The molecule has 3 aliphatic rings. The summed E-state index contributed by atoms with van der Waals surface area (Å²) < 4.78 is 2.27. The fraction of sp³-hybridized carbons (Fsp3) is 0.125. The van der Waals surface area contributed by atoms with Crippen molar-refractivity contribution >= 4 is 0 Å². The molecule has 2 nitrogen and oxygen atoms in total. The van der Waals surface area contributed by atoms with Crippen molar-refractivity contribution in [3.8, 4) is 22.4 Å². The van der Waals surface area contributed by atoms with Gasteiger partial charge in [0.25, 0.3) is 0 Å². The zero-order valence-electron chi connectivity index (χ0n) is 19.4. The lowest BCUT2D eigenvalue weighted by Crippen LogP contribution is -2.33. The molecular formula is C32H25N2+. The van der Waals surface area contributed by atoms with E-state index in [1.54, 1.807) is 0 Å². The highest BCUT2D eigenvalue weighted by molar-refractivity contribution is 5.79. The Bertz CT molecular complexity index is 1540. The molecule has 0 amide bonds. The molecule has 2 bridgehead atoms. The average Bonchev–Trinajstić information content (AvgIpc) is 2.89. The van der Waals surface area contributed by atoms with Crippen molar-refractivity contribution in [2.24, 2.45) is 7.05 Å². The van der Waals surface area contributed by atoms with Gasteiger partial charge in [0.2, 0.25) is 5.69 Å². The number of hydrogen-bond acceptors (Lipinski definition) is 1. The molecule has 34 heavy (non-hydrogen) atoms. The van der Waals surface area contributed by atoms with Crippen molar-refractivity contribution in [1.29, 1.82) is 0 Å². The van der Waals surface area contributed by atoms with Crippen molar-refractivity contribution in [1.82, 2.24) is 4.98 Å². The third kappa shape index (κ3) is 2.63. The van der Waals surface area contributed by atoms with Gasteiger partial charge in [0.05, 0.1) is 17.2 Å². The van der Waals surface area contributed by atoms with Crippen LogP contribution in [0.3, 0.4) is 0 Å². The molecule has 0 saturated heterocycles. The lowest BCUT2D eigenvalue weighted by molar-refractivity contribution is -0.660. The van der Waals surface area contributed by atoms with Crippen molar-refractivity contribution in [2.75, 3.05) is 0 Å². The van der Waals surface area contributed by atoms with E-state index < -0.39 is 0 Å². The van der Waals surface area contributed by atoms with Crippen LogP contribution in [0.1, 0.15) is 50.9 Å². The molecule has 0 saturated carbocycles. The van der Waals surface area contributed by atoms with Crippen molar-refractivity contribution < 1.29 is 4.57 Å². The smallest absolute Gasteiger partial charge is 0.213 e. The number of nitrogens with zero attached hydrogens (tertiary/aromatic N) is 2. The van der Waals surface area contributed by atoms with Crippen LogP contribution < -0.4 is 4.57 Å². The standard InChI is InChI=1S/C32H25N2/c1-20-14-15-25-30-24-12-7-6-11-23(24)29(26-13-8-17-33-32(26)30)31(25)28(20)27-19-22(16-18-34(27)2)21-9-4-3-5-10-21/h3-19,29-30H,1-2H3/q+1. The lowest BCUT2D eigenvalue weighted by atomic mass is 9.61. The van der Waals surface area contributed by atoms with E-state index in [1.807, 2.05) is 6.20 Å². The molecule has 3 aromatic carbocycles. The van der Waals surface area contributed by atoms with Gasteiger partial charge in [-0.3, -0.25) is 4.98 Å². The first-order valence-corrected chi connectivity index (χ1v) is 11.9.